The fourth-order valence-corrected chi connectivity index (χ4v) is 2.22. The first-order chi connectivity index (χ1) is 7.26. The molecule has 0 radical (unpaired) electrons. The summed E-state index contributed by atoms with van der Waals surface area (Å²) in [5.41, 5.74) is 0. The molecule has 1 aliphatic heterocycles. The van der Waals surface area contributed by atoms with Gasteiger partial charge in [-0.2, -0.15) is 0 Å². The number of hydrogen-bond acceptors (Lipinski definition) is 3. The van der Waals surface area contributed by atoms with E-state index in [4.69, 9.17) is 4.74 Å². The van der Waals surface area contributed by atoms with Crippen molar-refractivity contribution in [3.8, 4) is 0 Å². The quantitative estimate of drug-likeness (QED) is 0.722. The second kappa shape index (κ2) is 7.20. The highest BCUT2D eigenvalue weighted by Crippen LogP contribution is 2.13. The van der Waals surface area contributed by atoms with Gasteiger partial charge < -0.3 is 15.0 Å². The van der Waals surface area contributed by atoms with Gasteiger partial charge in [0.15, 0.2) is 0 Å². The fourth-order valence-electron chi connectivity index (χ4n) is 2.22. The Hall–Kier alpha value is -0.120. The molecule has 1 aliphatic rings. The number of methoxy groups -OCH3 is 1. The Balaban J connectivity index is 2.12. The maximum Gasteiger partial charge on any atom is 0.0595 e. The van der Waals surface area contributed by atoms with Crippen LogP contribution in [0.15, 0.2) is 0 Å². The monoisotopic (exact) mass is 214 g/mol. The fraction of sp³-hybridized carbons (Fsp3) is 1.00. The van der Waals surface area contributed by atoms with Crippen molar-refractivity contribution in [1.82, 2.24) is 10.2 Å². The maximum atomic E-state index is 5.37. The minimum atomic E-state index is 0.505. The third-order valence-electron chi connectivity index (χ3n) is 3.18. The standard InChI is InChI=1S/C12H26N2O/c1-4-13-9-11(2)10-14-7-5-12(15-3)6-8-14/h11-13H,4-10H2,1-3H3. The van der Waals surface area contributed by atoms with Crippen LogP contribution < -0.4 is 5.32 Å². The van der Waals surface area contributed by atoms with Crippen LogP contribution in [-0.2, 0) is 4.74 Å². The van der Waals surface area contributed by atoms with Gasteiger partial charge in [-0.15, -0.1) is 0 Å². The molecule has 1 unspecified atom stereocenters. The zero-order valence-electron chi connectivity index (χ0n) is 10.5. The Morgan fingerprint density at radius 2 is 2.07 bits per heavy atom. The summed E-state index contributed by atoms with van der Waals surface area (Å²) in [5.74, 6) is 0.754. The zero-order chi connectivity index (χ0) is 11.1. The van der Waals surface area contributed by atoms with Crippen molar-refractivity contribution in [3.05, 3.63) is 0 Å². The minimum absolute atomic E-state index is 0.505. The minimum Gasteiger partial charge on any atom is -0.381 e. The number of ether oxygens (including phenoxy) is 1. The van der Waals surface area contributed by atoms with E-state index in [0.29, 0.717) is 6.10 Å². The summed E-state index contributed by atoms with van der Waals surface area (Å²) in [6.07, 6.45) is 2.90. The third-order valence-corrected chi connectivity index (χ3v) is 3.18. The van der Waals surface area contributed by atoms with Crippen LogP contribution in [-0.4, -0.2) is 50.8 Å². The van der Waals surface area contributed by atoms with Crippen molar-refractivity contribution in [3.63, 3.8) is 0 Å². The molecule has 1 atom stereocenters. The van der Waals surface area contributed by atoms with Crippen molar-refractivity contribution < 1.29 is 4.74 Å². The highest BCUT2D eigenvalue weighted by atomic mass is 16.5. The van der Waals surface area contributed by atoms with Gasteiger partial charge in [-0.3, -0.25) is 0 Å². The normalized spacial score (nSPS) is 21.8. The summed E-state index contributed by atoms with van der Waals surface area (Å²) in [6, 6.07) is 0. The van der Waals surface area contributed by atoms with E-state index in [9.17, 15) is 0 Å². The van der Waals surface area contributed by atoms with Crippen molar-refractivity contribution in [2.24, 2.45) is 5.92 Å². The molecule has 3 heteroatoms. The van der Waals surface area contributed by atoms with Crippen molar-refractivity contribution >= 4 is 0 Å². The van der Waals surface area contributed by atoms with Gasteiger partial charge in [-0.25, -0.2) is 0 Å². The lowest BCUT2D eigenvalue weighted by atomic mass is 10.1. The SMILES string of the molecule is CCNCC(C)CN1CCC(OC)CC1. The summed E-state index contributed by atoms with van der Waals surface area (Å²) >= 11 is 0. The number of rotatable bonds is 6. The smallest absolute Gasteiger partial charge is 0.0595 e. The molecule has 0 aromatic rings. The van der Waals surface area contributed by atoms with E-state index in [0.717, 1.165) is 19.0 Å². The van der Waals surface area contributed by atoms with Crippen LogP contribution in [0.3, 0.4) is 0 Å². The molecule has 1 saturated heterocycles. The molecule has 0 aromatic carbocycles. The summed E-state index contributed by atoms with van der Waals surface area (Å²) in [6.45, 7) is 10.3. The molecule has 15 heavy (non-hydrogen) atoms. The molecule has 1 fully saturated rings. The molecule has 0 saturated carbocycles. The average Bonchev–Trinajstić information content (AvgIpc) is 2.27. The molecule has 0 bridgehead atoms. The molecule has 90 valence electrons. The number of piperidine rings is 1. The lowest BCUT2D eigenvalue weighted by molar-refractivity contribution is 0.0373. The van der Waals surface area contributed by atoms with Crippen LogP contribution in [0.5, 0.6) is 0 Å². The van der Waals surface area contributed by atoms with E-state index in [-0.39, 0.29) is 0 Å². The van der Waals surface area contributed by atoms with E-state index < -0.39 is 0 Å². The van der Waals surface area contributed by atoms with E-state index in [2.05, 4.69) is 24.1 Å². The first-order valence-corrected chi connectivity index (χ1v) is 6.22. The number of hydrogen-bond donors (Lipinski definition) is 1. The molecule has 0 spiro atoms. The Kier molecular flexibility index (Phi) is 6.22. The van der Waals surface area contributed by atoms with Gasteiger partial charge in [0.05, 0.1) is 6.10 Å². The second-order valence-electron chi connectivity index (χ2n) is 4.65. The molecule has 0 aliphatic carbocycles. The van der Waals surface area contributed by atoms with Gasteiger partial charge >= 0.3 is 0 Å². The molecular weight excluding hydrogens is 188 g/mol. The van der Waals surface area contributed by atoms with Crippen LogP contribution in [0.4, 0.5) is 0 Å². The third kappa shape index (κ3) is 4.96. The van der Waals surface area contributed by atoms with Crippen LogP contribution in [0, 0.1) is 5.92 Å². The van der Waals surface area contributed by atoms with Crippen LogP contribution >= 0.6 is 0 Å². The average molecular weight is 214 g/mol. The Bertz CT molecular complexity index is 156. The van der Waals surface area contributed by atoms with Crippen LogP contribution in [0.2, 0.25) is 0 Å². The predicted molar refractivity (Wildman–Crippen MR) is 64.2 cm³/mol. The van der Waals surface area contributed by atoms with E-state index >= 15 is 0 Å². The molecule has 1 heterocycles. The summed E-state index contributed by atoms with van der Waals surface area (Å²) in [7, 11) is 1.83. The molecule has 0 aromatic heterocycles. The van der Waals surface area contributed by atoms with Gasteiger partial charge in [0, 0.05) is 26.7 Å². The number of nitrogens with zero attached hydrogens (tertiary/aromatic N) is 1. The Morgan fingerprint density at radius 1 is 1.40 bits per heavy atom. The van der Waals surface area contributed by atoms with E-state index in [1.165, 1.54) is 32.5 Å². The molecule has 1 N–H and O–H groups in total. The Labute approximate surface area is 94.2 Å². The van der Waals surface area contributed by atoms with E-state index in [1.54, 1.807) is 0 Å². The van der Waals surface area contributed by atoms with Crippen molar-refractivity contribution in [2.75, 3.05) is 39.8 Å². The zero-order valence-corrected chi connectivity index (χ0v) is 10.5. The summed E-state index contributed by atoms with van der Waals surface area (Å²) in [4.78, 5) is 2.57. The predicted octanol–water partition coefficient (Wildman–Crippen LogP) is 1.34. The van der Waals surface area contributed by atoms with Crippen molar-refractivity contribution in [2.45, 2.75) is 32.8 Å². The lowest BCUT2D eigenvalue weighted by Crippen LogP contribution is -2.40. The van der Waals surface area contributed by atoms with Gasteiger partial charge in [0.1, 0.15) is 0 Å². The van der Waals surface area contributed by atoms with Crippen LogP contribution in [0.1, 0.15) is 26.7 Å². The number of nitrogens with one attached hydrogen (secondary N) is 1. The summed E-state index contributed by atoms with van der Waals surface area (Å²) < 4.78 is 5.37. The highest BCUT2D eigenvalue weighted by molar-refractivity contribution is 4.74. The Morgan fingerprint density at radius 3 is 2.60 bits per heavy atom. The van der Waals surface area contributed by atoms with Crippen molar-refractivity contribution in [1.29, 1.82) is 0 Å². The van der Waals surface area contributed by atoms with Crippen LogP contribution in [0.25, 0.3) is 0 Å². The topological polar surface area (TPSA) is 24.5 Å². The lowest BCUT2D eigenvalue weighted by Gasteiger charge is -2.32. The highest BCUT2D eigenvalue weighted by Gasteiger charge is 2.19. The number of likely N-dealkylation sites (tertiary alicyclic amines) is 1. The summed E-state index contributed by atoms with van der Waals surface area (Å²) in [5, 5.41) is 3.41. The second-order valence-corrected chi connectivity index (χ2v) is 4.65. The largest absolute Gasteiger partial charge is 0.381 e. The molecule has 3 nitrogen and oxygen atoms in total. The van der Waals surface area contributed by atoms with E-state index in [1.807, 2.05) is 7.11 Å². The first kappa shape index (κ1) is 12.9. The first-order valence-electron chi connectivity index (χ1n) is 6.22. The molecule has 0 amide bonds. The van der Waals surface area contributed by atoms with Gasteiger partial charge in [-0.05, 0) is 31.8 Å². The van der Waals surface area contributed by atoms with Gasteiger partial charge in [0.2, 0.25) is 0 Å². The van der Waals surface area contributed by atoms with Gasteiger partial charge in [-0.1, -0.05) is 13.8 Å². The maximum absolute atomic E-state index is 5.37. The van der Waals surface area contributed by atoms with Gasteiger partial charge in [0.25, 0.3) is 0 Å². The molecular formula is C12H26N2O. The molecule has 1 rings (SSSR count).